The van der Waals surface area contributed by atoms with E-state index < -0.39 is 109 Å². The number of carbonyl (C=O) groups is 3. The lowest BCUT2D eigenvalue weighted by Crippen LogP contribution is -2.63. The van der Waals surface area contributed by atoms with Crippen molar-refractivity contribution in [3.8, 4) is 0 Å². The molecule has 3 heterocycles. The highest BCUT2D eigenvalue weighted by molar-refractivity contribution is 5.87. The van der Waals surface area contributed by atoms with Crippen molar-refractivity contribution in [2.24, 2.45) is 5.73 Å². The van der Waals surface area contributed by atoms with Gasteiger partial charge in [0.05, 0.1) is 6.10 Å². The van der Waals surface area contributed by atoms with Crippen LogP contribution in [0, 0.1) is 0 Å². The minimum atomic E-state index is -1.88. The molecule has 2 aliphatic heterocycles. The SMILES string of the molecule is CCCCCCCCCCCCCCCCNC(=O)C([C@@H](O)CN(C)[C@H](C(=O)NC)[C@@H](OC1O[C@H](CN)[C@@H](O)[C@H]1O)C1OC(n2ccc(=O)[nH]c2=O)[C@H](O)[C@@H]1O)N(C)C(=O)NCCCCCCCCCCCCCCCC. The van der Waals surface area contributed by atoms with E-state index in [4.69, 9.17) is 19.9 Å². The number of ether oxygens (including phenoxy) is 3. The largest absolute Gasteiger partial charge is 0.389 e. The molecule has 1 aromatic heterocycles. The molecule has 0 radical (unpaired) electrons. The number of carbonyl (C=O) groups excluding carboxylic acids is 3. The average molecular weight is 1100 g/mol. The number of nitrogens with one attached hydrogen (secondary N) is 4. The fourth-order valence-corrected chi connectivity index (χ4v) is 10.6. The number of hydrogen-bond acceptors (Lipinski definition) is 15. The van der Waals surface area contributed by atoms with Crippen molar-refractivity contribution < 1.29 is 54.1 Å². The van der Waals surface area contributed by atoms with Crippen LogP contribution in [0.1, 0.15) is 200 Å². The van der Waals surface area contributed by atoms with E-state index in [1.165, 1.54) is 154 Å². The highest BCUT2D eigenvalue weighted by Crippen LogP contribution is 2.35. The lowest BCUT2D eigenvalue weighted by atomic mass is 9.96. The smallest absolute Gasteiger partial charge is 0.330 e. The zero-order chi connectivity index (χ0) is 56.5. The first-order valence-corrected chi connectivity index (χ1v) is 29.7. The minimum absolute atomic E-state index is 0.227. The van der Waals surface area contributed by atoms with E-state index in [1.54, 1.807) is 0 Å². The van der Waals surface area contributed by atoms with Crippen molar-refractivity contribution in [2.45, 2.75) is 267 Å². The van der Waals surface area contributed by atoms with Crippen LogP contribution < -0.4 is 32.9 Å². The number of urea groups is 1. The number of H-pyrrole nitrogens is 1. The Hall–Kier alpha value is -3.51. The van der Waals surface area contributed by atoms with Crippen molar-refractivity contribution >= 4 is 17.8 Å². The summed E-state index contributed by atoms with van der Waals surface area (Å²) in [7, 11) is 4.16. The second-order valence-electron chi connectivity index (χ2n) is 21.7. The number of aliphatic hydroxyl groups excluding tert-OH is 5. The summed E-state index contributed by atoms with van der Waals surface area (Å²) < 4.78 is 18.9. The van der Waals surface area contributed by atoms with E-state index in [2.05, 4.69) is 34.8 Å². The maximum absolute atomic E-state index is 14.2. The monoisotopic (exact) mass is 1100 g/mol. The van der Waals surface area contributed by atoms with E-state index in [0.717, 1.165) is 66.7 Å². The third-order valence-corrected chi connectivity index (χ3v) is 15.3. The number of aromatic amines is 1. The number of hydrogen-bond donors (Lipinski definition) is 10. The van der Waals surface area contributed by atoms with Gasteiger partial charge in [-0.3, -0.25) is 28.8 Å². The highest BCUT2D eigenvalue weighted by atomic mass is 16.7. The summed E-state index contributed by atoms with van der Waals surface area (Å²) in [6.07, 6.45) is 17.8. The summed E-state index contributed by atoms with van der Waals surface area (Å²) in [5.41, 5.74) is 4.08. The number of unbranched alkanes of at least 4 members (excludes halogenated alkanes) is 26. The number of nitrogens with two attached hydrogens (primary N) is 1. The average Bonchev–Trinajstić information content (AvgIpc) is 3.89. The van der Waals surface area contributed by atoms with Crippen molar-refractivity contribution in [1.29, 1.82) is 0 Å². The molecule has 77 heavy (non-hydrogen) atoms. The molecular weight excluding hydrogens is 993 g/mol. The van der Waals surface area contributed by atoms with Gasteiger partial charge in [0.25, 0.3) is 5.56 Å². The molecule has 0 aromatic carbocycles. The van der Waals surface area contributed by atoms with Gasteiger partial charge in [-0.15, -0.1) is 0 Å². The zero-order valence-electron chi connectivity index (χ0n) is 47.6. The molecule has 2 aliphatic rings. The molecule has 0 aliphatic carbocycles. The van der Waals surface area contributed by atoms with Gasteiger partial charge < -0.3 is 66.3 Å². The fourth-order valence-electron chi connectivity index (χ4n) is 10.6. The molecule has 4 unspecified atom stereocenters. The fraction of sp³-hybridized carbons (Fsp3) is 0.875. The standard InChI is InChI=1S/C56H104N8O13/c1-6-8-10-12-14-16-18-20-22-24-26-28-30-32-35-59-52(72)43(63(5)55(73)60-36-33-31-29-27-25-23-21-19-17-15-13-11-9-7-2)40(65)39-62(4)44(51(71)58-3)49(77-54-48(70)45(67)41(38-57)75-54)50-46(68)47(69)53(76-50)64-37-34-42(66)61-56(64)74/h34,37,40-41,43-50,53-54,65,67-70H,6-33,35-36,38-39,57H2,1-5H3,(H,58,71)(H,59,72)(H,60,73)(H,61,66,74)/t40-,41+,43?,44-,45+,46-,47+,48+,49+,50?,53?,54?/m0/s1. The molecule has 4 amide bonds. The molecule has 3 rings (SSSR count). The van der Waals surface area contributed by atoms with Crippen LogP contribution in [-0.2, 0) is 23.8 Å². The Morgan fingerprint density at radius 2 is 1.13 bits per heavy atom. The number of rotatable bonds is 43. The first-order valence-electron chi connectivity index (χ1n) is 29.7. The third kappa shape index (κ3) is 23.6. The summed E-state index contributed by atoms with van der Waals surface area (Å²) in [6, 6.07) is -2.62. The van der Waals surface area contributed by atoms with Gasteiger partial charge in [0.2, 0.25) is 11.8 Å². The molecule has 1 aromatic rings. The van der Waals surface area contributed by atoms with E-state index in [9.17, 15) is 49.5 Å². The Bertz CT molecular complexity index is 1880. The van der Waals surface area contributed by atoms with Crippen LogP contribution in [0.5, 0.6) is 0 Å². The summed E-state index contributed by atoms with van der Waals surface area (Å²) in [6.45, 7) is 4.44. The number of aromatic nitrogens is 2. The lowest BCUT2D eigenvalue weighted by Gasteiger charge is -2.40. The maximum atomic E-state index is 14.2. The number of likely N-dealkylation sites (N-methyl/N-ethyl adjacent to an activating group) is 3. The predicted molar refractivity (Wildman–Crippen MR) is 297 cm³/mol. The van der Waals surface area contributed by atoms with Crippen LogP contribution in [0.4, 0.5) is 4.79 Å². The summed E-state index contributed by atoms with van der Waals surface area (Å²) in [5.74, 6) is -1.39. The molecule has 11 N–H and O–H groups in total. The molecule has 12 atom stereocenters. The normalized spacial score (nSPS) is 23.0. The first-order chi connectivity index (χ1) is 37.1. The van der Waals surface area contributed by atoms with Crippen LogP contribution in [0.15, 0.2) is 21.9 Å². The van der Waals surface area contributed by atoms with E-state index in [1.807, 2.05) is 0 Å². The summed E-state index contributed by atoms with van der Waals surface area (Å²) in [5, 5.41) is 65.1. The molecule has 0 saturated carbocycles. The summed E-state index contributed by atoms with van der Waals surface area (Å²) >= 11 is 0. The Labute approximate surface area is 459 Å². The highest BCUT2D eigenvalue weighted by Gasteiger charge is 2.55. The van der Waals surface area contributed by atoms with Gasteiger partial charge >= 0.3 is 11.7 Å². The van der Waals surface area contributed by atoms with Crippen LogP contribution in [0.25, 0.3) is 0 Å². The van der Waals surface area contributed by atoms with Gasteiger partial charge in [-0.05, 0) is 19.9 Å². The van der Waals surface area contributed by atoms with Gasteiger partial charge in [-0.2, -0.15) is 0 Å². The number of aliphatic hydroxyl groups is 5. The Morgan fingerprint density at radius 1 is 0.662 bits per heavy atom. The Kier molecular flexibility index (Phi) is 34.3. The predicted octanol–water partition coefficient (Wildman–Crippen LogP) is 4.44. The van der Waals surface area contributed by atoms with E-state index in [-0.39, 0.29) is 6.54 Å². The molecule has 0 spiro atoms. The van der Waals surface area contributed by atoms with Crippen LogP contribution >= 0.6 is 0 Å². The quantitative estimate of drug-likeness (QED) is 0.0405. The lowest BCUT2D eigenvalue weighted by molar-refractivity contribution is -0.233. The van der Waals surface area contributed by atoms with Crippen molar-refractivity contribution in [3.63, 3.8) is 0 Å². The van der Waals surface area contributed by atoms with E-state index in [0.29, 0.717) is 19.5 Å². The van der Waals surface area contributed by atoms with Gasteiger partial charge in [0.1, 0.15) is 54.8 Å². The zero-order valence-corrected chi connectivity index (χ0v) is 47.6. The molecule has 0 bridgehead atoms. The molecular formula is C56H104N8O13. The summed E-state index contributed by atoms with van der Waals surface area (Å²) in [4.78, 5) is 71.4. The number of nitrogens with zero attached hydrogens (tertiary/aromatic N) is 3. The van der Waals surface area contributed by atoms with Crippen LogP contribution in [0.3, 0.4) is 0 Å². The van der Waals surface area contributed by atoms with Crippen molar-refractivity contribution in [1.82, 2.24) is 35.3 Å². The molecule has 21 heteroatoms. The topological polar surface area (TPSA) is 303 Å². The van der Waals surface area contributed by atoms with Gasteiger partial charge in [-0.25, -0.2) is 9.59 Å². The first kappa shape index (κ1) is 67.8. The van der Waals surface area contributed by atoms with Crippen LogP contribution in [-0.4, -0.2) is 177 Å². The molecule has 2 fully saturated rings. The molecule has 21 nitrogen and oxygen atoms in total. The second-order valence-corrected chi connectivity index (χ2v) is 21.7. The third-order valence-electron chi connectivity index (χ3n) is 15.3. The van der Waals surface area contributed by atoms with Crippen molar-refractivity contribution in [3.05, 3.63) is 33.1 Å². The Morgan fingerprint density at radius 3 is 1.57 bits per heavy atom. The molecule has 2 saturated heterocycles. The van der Waals surface area contributed by atoms with E-state index >= 15 is 0 Å². The van der Waals surface area contributed by atoms with Gasteiger partial charge in [0.15, 0.2) is 12.5 Å². The van der Waals surface area contributed by atoms with Crippen LogP contribution in [0.2, 0.25) is 0 Å². The second kappa shape index (κ2) is 39.0. The van der Waals surface area contributed by atoms with Gasteiger partial charge in [0, 0.05) is 52.5 Å². The number of amides is 4. The maximum Gasteiger partial charge on any atom is 0.330 e. The minimum Gasteiger partial charge on any atom is -0.389 e. The Balaban J connectivity index is 1.73. The van der Waals surface area contributed by atoms with Gasteiger partial charge in [-0.1, -0.05) is 181 Å². The van der Waals surface area contributed by atoms with Crippen molar-refractivity contribution in [2.75, 3.05) is 47.3 Å². The molecule has 446 valence electrons.